The third-order valence-corrected chi connectivity index (χ3v) is 8.91. The Morgan fingerprint density at radius 3 is 2.73 bits per heavy atom. The lowest BCUT2D eigenvalue weighted by Gasteiger charge is -2.40. The highest BCUT2D eigenvalue weighted by molar-refractivity contribution is 5.84. The fraction of sp³-hybridized carbons (Fsp3) is 0.769. The van der Waals surface area contributed by atoms with Gasteiger partial charge in [0.2, 0.25) is 12.3 Å². The maximum Gasteiger partial charge on any atom is 0.433 e. The van der Waals surface area contributed by atoms with E-state index in [0.717, 1.165) is 25.3 Å². The smallest absolute Gasteiger partial charge is 0.379 e. The number of pyridine rings is 1. The predicted molar refractivity (Wildman–Crippen MR) is 125 cm³/mol. The van der Waals surface area contributed by atoms with E-state index in [0.29, 0.717) is 45.6 Å². The SMILES string of the molecule is CO[C@@H]1COCC[C@@H]1C[C@@H]1CC[C@](CC(F)F)(C(=O)N2C[C@H]3C[C@@H]2CN3c2cccc(C(F)(F)F)n2)C1. The van der Waals surface area contributed by atoms with E-state index < -0.39 is 30.1 Å². The molecule has 37 heavy (non-hydrogen) atoms. The van der Waals surface area contributed by atoms with Gasteiger partial charge in [0, 0.05) is 33.2 Å². The number of rotatable bonds is 7. The van der Waals surface area contributed by atoms with Gasteiger partial charge in [-0.15, -0.1) is 0 Å². The predicted octanol–water partition coefficient (Wildman–Crippen LogP) is 4.77. The average molecular weight is 532 g/mol. The molecule has 2 bridgehead atoms. The number of carbonyl (C=O) groups excluding carboxylic acids is 1. The van der Waals surface area contributed by atoms with Gasteiger partial charge < -0.3 is 19.3 Å². The molecule has 1 saturated carbocycles. The zero-order valence-electron chi connectivity index (χ0n) is 20.9. The summed E-state index contributed by atoms with van der Waals surface area (Å²) in [4.78, 5) is 21.2. The van der Waals surface area contributed by atoms with Crippen LogP contribution in [0.2, 0.25) is 0 Å². The van der Waals surface area contributed by atoms with Crippen LogP contribution in [0.3, 0.4) is 0 Å². The Morgan fingerprint density at radius 2 is 2.05 bits per heavy atom. The number of amides is 1. The number of likely N-dealkylation sites (tertiary alicyclic amines) is 1. The number of ether oxygens (including phenoxy) is 2. The quantitative estimate of drug-likeness (QED) is 0.475. The van der Waals surface area contributed by atoms with E-state index >= 15 is 0 Å². The van der Waals surface area contributed by atoms with Gasteiger partial charge in [-0.3, -0.25) is 4.79 Å². The Morgan fingerprint density at radius 1 is 1.24 bits per heavy atom. The molecule has 3 aliphatic heterocycles. The molecule has 1 aromatic rings. The van der Waals surface area contributed by atoms with Crippen LogP contribution in [0.25, 0.3) is 0 Å². The molecule has 3 saturated heterocycles. The molecule has 0 spiro atoms. The summed E-state index contributed by atoms with van der Waals surface area (Å²) in [7, 11) is 1.66. The number of hydrogen-bond acceptors (Lipinski definition) is 5. The number of alkyl halides is 5. The van der Waals surface area contributed by atoms with E-state index in [9.17, 15) is 26.7 Å². The number of anilines is 1. The van der Waals surface area contributed by atoms with Gasteiger partial charge >= 0.3 is 6.18 Å². The molecule has 0 N–H and O–H groups in total. The summed E-state index contributed by atoms with van der Waals surface area (Å²) < 4.78 is 78.1. The summed E-state index contributed by atoms with van der Waals surface area (Å²) >= 11 is 0. The maximum atomic E-state index is 13.8. The highest BCUT2D eigenvalue weighted by Gasteiger charge is 2.54. The van der Waals surface area contributed by atoms with Crippen molar-refractivity contribution in [1.82, 2.24) is 9.88 Å². The zero-order chi connectivity index (χ0) is 26.4. The van der Waals surface area contributed by atoms with E-state index in [2.05, 4.69) is 4.98 Å². The number of fused-ring (bicyclic) bond motifs is 2. The van der Waals surface area contributed by atoms with Gasteiger partial charge in [-0.05, 0) is 62.5 Å². The Labute approximate surface area is 213 Å². The molecule has 4 fully saturated rings. The Bertz CT molecular complexity index is 979. The fourth-order valence-electron chi connectivity index (χ4n) is 7.16. The van der Waals surface area contributed by atoms with Gasteiger partial charge in [-0.2, -0.15) is 13.2 Å². The van der Waals surface area contributed by atoms with Crippen molar-refractivity contribution in [3.05, 3.63) is 23.9 Å². The number of methoxy groups -OCH3 is 1. The highest BCUT2D eigenvalue weighted by atomic mass is 19.4. The van der Waals surface area contributed by atoms with E-state index in [-0.39, 0.29) is 41.7 Å². The summed E-state index contributed by atoms with van der Waals surface area (Å²) in [6, 6.07) is 3.44. The van der Waals surface area contributed by atoms with Crippen molar-refractivity contribution in [3.8, 4) is 0 Å². The topological polar surface area (TPSA) is 54.9 Å². The Hall–Kier alpha value is -2.01. The molecule has 206 valence electrons. The van der Waals surface area contributed by atoms with Crippen LogP contribution in [0, 0.1) is 17.3 Å². The number of nitrogens with zero attached hydrogens (tertiary/aromatic N) is 3. The minimum absolute atomic E-state index is 0.0145. The molecule has 0 unspecified atom stereocenters. The molecule has 6 nitrogen and oxygen atoms in total. The lowest BCUT2D eigenvalue weighted by molar-refractivity contribution is -0.146. The first-order valence-corrected chi connectivity index (χ1v) is 13.1. The maximum absolute atomic E-state index is 13.8. The molecule has 4 heterocycles. The number of hydrogen-bond donors (Lipinski definition) is 0. The number of carbonyl (C=O) groups is 1. The highest BCUT2D eigenvalue weighted by Crippen LogP contribution is 2.51. The van der Waals surface area contributed by atoms with Crippen LogP contribution in [0.1, 0.15) is 50.6 Å². The zero-order valence-corrected chi connectivity index (χ0v) is 20.9. The fourth-order valence-corrected chi connectivity index (χ4v) is 7.16. The van der Waals surface area contributed by atoms with Crippen LogP contribution in [0.15, 0.2) is 18.2 Å². The monoisotopic (exact) mass is 531 g/mol. The number of aromatic nitrogens is 1. The molecule has 11 heteroatoms. The van der Waals surface area contributed by atoms with Crippen molar-refractivity contribution in [2.75, 3.05) is 38.3 Å². The molecule has 5 rings (SSSR count). The molecular weight excluding hydrogens is 497 g/mol. The molecule has 0 radical (unpaired) electrons. The third-order valence-electron chi connectivity index (χ3n) is 8.91. The first-order valence-electron chi connectivity index (χ1n) is 13.1. The second kappa shape index (κ2) is 10.3. The minimum atomic E-state index is -4.54. The summed E-state index contributed by atoms with van der Waals surface area (Å²) in [6.45, 7) is 1.87. The Balaban J connectivity index is 1.27. The van der Waals surface area contributed by atoms with Gasteiger partial charge in [0.15, 0.2) is 0 Å². The standard InChI is InChI=1S/C26H34F5N3O3/c1-36-20-15-37-8-6-17(20)9-16-5-7-25(11-16,12-22(27)28)24(35)34-14-18-10-19(34)13-33(18)23-4-2-3-21(32-23)26(29,30)31/h2-4,16-20,22H,5-15H2,1H3/t16-,17+,18+,19+,20+,25-/m0/s1. The number of piperazine rings is 1. The number of halogens is 5. The van der Waals surface area contributed by atoms with Crippen LogP contribution in [0.5, 0.6) is 0 Å². The van der Waals surface area contributed by atoms with Crippen LogP contribution in [0.4, 0.5) is 27.8 Å². The largest absolute Gasteiger partial charge is 0.433 e. The van der Waals surface area contributed by atoms with Crippen LogP contribution >= 0.6 is 0 Å². The van der Waals surface area contributed by atoms with E-state index in [1.807, 2.05) is 4.90 Å². The minimum Gasteiger partial charge on any atom is -0.379 e. The summed E-state index contributed by atoms with van der Waals surface area (Å²) in [5.74, 6) is 0.489. The van der Waals surface area contributed by atoms with Crippen molar-refractivity contribution < 1.29 is 36.2 Å². The van der Waals surface area contributed by atoms with Crippen molar-refractivity contribution in [3.63, 3.8) is 0 Å². The van der Waals surface area contributed by atoms with Gasteiger partial charge in [-0.1, -0.05) is 6.07 Å². The molecule has 6 atom stereocenters. The van der Waals surface area contributed by atoms with E-state index in [1.54, 1.807) is 18.1 Å². The van der Waals surface area contributed by atoms with E-state index in [4.69, 9.17) is 9.47 Å². The average Bonchev–Trinajstić information content (AvgIpc) is 3.58. The van der Waals surface area contributed by atoms with Crippen molar-refractivity contribution in [1.29, 1.82) is 0 Å². The van der Waals surface area contributed by atoms with Gasteiger partial charge in [-0.25, -0.2) is 13.8 Å². The molecule has 4 aliphatic rings. The Kier molecular flexibility index (Phi) is 7.39. The van der Waals surface area contributed by atoms with Crippen LogP contribution < -0.4 is 4.90 Å². The second-order valence-corrected chi connectivity index (χ2v) is 11.1. The third kappa shape index (κ3) is 5.30. The summed E-state index contributed by atoms with van der Waals surface area (Å²) in [6.07, 6.45) is -3.67. The summed E-state index contributed by atoms with van der Waals surface area (Å²) in [5, 5.41) is 0. The second-order valence-electron chi connectivity index (χ2n) is 11.1. The van der Waals surface area contributed by atoms with Crippen LogP contribution in [-0.4, -0.2) is 73.8 Å². The molecule has 1 aromatic heterocycles. The van der Waals surface area contributed by atoms with Gasteiger partial charge in [0.05, 0.1) is 30.2 Å². The van der Waals surface area contributed by atoms with E-state index in [1.165, 1.54) is 6.07 Å². The van der Waals surface area contributed by atoms with Gasteiger partial charge in [0.25, 0.3) is 0 Å². The van der Waals surface area contributed by atoms with Crippen LogP contribution in [-0.2, 0) is 20.4 Å². The molecule has 0 aromatic carbocycles. The molecule has 1 amide bonds. The first kappa shape index (κ1) is 26.6. The normalized spacial score (nSPS) is 34.1. The van der Waals surface area contributed by atoms with Crippen molar-refractivity contribution in [2.45, 2.75) is 75.7 Å². The lowest BCUT2D eigenvalue weighted by atomic mass is 9.78. The first-order chi connectivity index (χ1) is 17.6. The molecule has 1 aliphatic carbocycles. The van der Waals surface area contributed by atoms with Crippen molar-refractivity contribution >= 4 is 11.7 Å². The molecular formula is C26H34F5N3O3. The van der Waals surface area contributed by atoms with Crippen molar-refractivity contribution in [2.24, 2.45) is 17.3 Å². The summed E-state index contributed by atoms with van der Waals surface area (Å²) in [5.41, 5.74) is -2.04. The van der Waals surface area contributed by atoms with Gasteiger partial charge in [0.1, 0.15) is 11.5 Å². The lowest BCUT2D eigenvalue weighted by Crippen LogP contribution is -2.53.